The first-order valence-corrected chi connectivity index (χ1v) is 4.70. The van der Waals surface area contributed by atoms with Crippen LogP contribution in [0.15, 0.2) is 24.3 Å². The van der Waals surface area contributed by atoms with Gasteiger partial charge in [-0.3, -0.25) is 0 Å². The van der Waals surface area contributed by atoms with Crippen molar-refractivity contribution in [2.45, 2.75) is 31.2 Å². The van der Waals surface area contributed by atoms with Gasteiger partial charge in [-0.2, -0.15) is 0 Å². The van der Waals surface area contributed by atoms with E-state index in [1.807, 2.05) is 12.1 Å². The number of halogens is 2. The topological polar surface area (TPSA) is 26.0 Å². The molecular weight excluding hydrogens is 201 g/mol. The van der Waals surface area contributed by atoms with Crippen molar-refractivity contribution < 1.29 is 4.39 Å². The zero-order chi connectivity index (χ0) is 9.47. The standard InChI is InChI=1S/C11H14FN.ClH/c1-2-11(13)7-9(11)8-5-3-4-6-10(8)12;/h3-6,9H,2,7,13H2,1H3;1H. The van der Waals surface area contributed by atoms with E-state index in [9.17, 15) is 4.39 Å². The fourth-order valence-electron chi connectivity index (χ4n) is 1.89. The van der Waals surface area contributed by atoms with E-state index in [0.717, 1.165) is 18.4 Å². The first-order valence-electron chi connectivity index (χ1n) is 4.70. The predicted molar refractivity (Wildman–Crippen MR) is 58.2 cm³/mol. The van der Waals surface area contributed by atoms with Crippen LogP contribution >= 0.6 is 12.4 Å². The van der Waals surface area contributed by atoms with Crippen molar-refractivity contribution in [2.75, 3.05) is 0 Å². The SMILES string of the molecule is CCC1(N)CC1c1ccccc1F.Cl. The van der Waals surface area contributed by atoms with Crippen molar-refractivity contribution in [3.63, 3.8) is 0 Å². The Bertz CT molecular complexity index is 329. The summed E-state index contributed by atoms with van der Waals surface area (Å²) in [5.74, 6) is 0.118. The number of benzene rings is 1. The Morgan fingerprint density at radius 1 is 1.50 bits per heavy atom. The summed E-state index contributed by atoms with van der Waals surface area (Å²) in [5.41, 5.74) is 6.67. The molecule has 78 valence electrons. The van der Waals surface area contributed by atoms with Crippen LogP contribution in [0.25, 0.3) is 0 Å². The quantitative estimate of drug-likeness (QED) is 0.807. The summed E-state index contributed by atoms with van der Waals surface area (Å²) in [5, 5.41) is 0. The van der Waals surface area contributed by atoms with Crippen LogP contribution in [0.3, 0.4) is 0 Å². The molecule has 0 radical (unpaired) electrons. The van der Waals surface area contributed by atoms with Crippen LogP contribution in [0.1, 0.15) is 31.2 Å². The van der Waals surface area contributed by atoms with Crippen LogP contribution in [-0.4, -0.2) is 5.54 Å². The lowest BCUT2D eigenvalue weighted by molar-refractivity contribution is 0.583. The summed E-state index contributed by atoms with van der Waals surface area (Å²) < 4.78 is 13.3. The third-order valence-electron chi connectivity index (χ3n) is 3.06. The van der Waals surface area contributed by atoms with E-state index >= 15 is 0 Å². The smallest absolute Gasteiger partial charge is 0.126 e. The minimum absolute atomic E-state index is 0. The molecule has 0 saturated heterocycles. The Kier molecular flexibility index (Phi) is 3.17. The van der Waals surface area contributed by atoms with Crippen LogP contribution < -0.4 is 5.73 Å². The molecule has 1 aliphatic carbocycles. The minimum Gasteiger partial charge on any atom is -0.325 e. The molecule has 2 unspecified atom stereocenters. The Balaban J connectivity index is 0.000000980. The molecular formula is C11H15ClFN. The van der Waals surface area contributed by atoms with Gasteiger partial charge >= 0.3 is 0 Å². The monoisotopic (exact) mass is 215 g/mol. The van der Waals surface area contributed by atoms with Crippen molar-refractivity contribution in [3.05, 3.63) is 35.6 Å². The Morgan fingerprint density at radius 3 is 2.64 bits per heavy atom. The van der Waals surface area contributed by atoms with Gasteiger partial charge in [-0.05, 0) is 24.5 Å². The van der Waals surface area contributed by atoms with Crippen LogP contribution in [0.5, 0.6) is 0 Å². The zero-order valence-corrected chi connectivity index (χ0v) is 8.98. The van der Waals surface area contributed by atoms with Crippen molar-refractivity contribution in [2.24, 2.45) is 5.73 Å². The van der Waals surface area contributed by atoms with E-state index in [-0.39, 0.29) is 29.7 Å². The summed E-state index contributed by atoms with van der Waals surface area (Å²) in [4.78, 5) is 0. The first-order chi connectivity index (χ1) is 6.17. The second kappa shape index (κ2) is 3.87. The van der Waals surface area contributed by atoms with Gasteiger partial charge in [0.15, 0.2) is 0 Å². The molecule has 0 bridgehead atoms. The molecule has 14 heavy (non-hydrogen) atoms. The highest BCUT2D eigenvalue weighted by Gasteiger charge is 2.50. The largest absolute Gasteiger partial charge is 0.325 e. The Hall–Kier alpha value is -0.600. The molecule has 0 heterocycles. The van der Waals surface area contributed by atoms with E-state index in [1.54, 1.807) is 6.07 Å². The summed E-state index contributed by atoms with van der Waals surface area (Å²) in [7, 11) is 0. The average Bonchev–Trinajstić information content (AvgIpc) is 2.80. The van der Waals surface area contributed by atoms with Gasteiger partial charge < -0.3 is 5.73 Å². The Morgan fingerprint density at radius 2 is 2.14 bits per heavy atom. The van der Waals surface area contributed by atoms with E-state index in [1.165, 1.54) is 6.07 Å². The molecule has 1 aromatic rings. The molecule has 0 aliphatic heterocycles. The zero-order valence-electron chi connectivity index (χ0n) is 8.16. The van der Waals surface area contributed by atoms with E-state index in [0.29, 0.717) is 0 Å². The van der Waals surface area contributed by atoms with Crippen LogP contribution in [0.2, 0.25) is 0 Å². The molecule has 2 N–H and O–H groups in total. The molecule has 3 heteroatoms. The molecule has 1 saturated carbocycles. The lowest BCUT2D eigenvalue weighted by Crippen LogP contribution is -2.23. The lowest BCUT2D eigenvalue weighted by atomic mass is 10.0. The predicted octanol–water partition coefficient (Wildman–Crippen LogP) is 2.84. The molecule has 0 amide bonds. The molecule has 2 atom stereocenters. The molecule has 1 aliphatic rings. The van der Waals surface area contributed by atoms with Gasteiger partial charge in [-0.15, -0.1) is 12.4 Å². The maximum atomic E-state index is 13.3. The number of hydrogen-bond acceptors (Lipinski definition) is 1. The third kappa shape index (κ3) is 1.77. The van der Waals surface area contributed by atoms with E-state index in [2.05, 4.69) is 6.92 Å². The third-order valence-corrected chi connectivity index (χ3v) is 3.06. The van der Waals surface area contributed by atoms with Gasteiger partial charge in [0.1, 0.15) is 5.82 Å². The highest BCUT2D eigenvalue weighted by Crippen LogP contribution is 2.51. The highest BCUT2D eigenvalue weighted by molar-refractivity contribution is 5.85. The normalized spacial score (nSPS) is 29.5. The van der Waals surface area contributed by atoms with Crippen LogP contribution in [0.4, 0.5) is 4.39 Å². The maximum Gasteiger partial charge on any atom is 0.126 e. The fraction of sp³-hybridized carbons (Fsp3) is 0.455. The summed E-state index contributed by atoms with van der Waals surface area (Å²) in [6, 6.07) is 6.92. The fourth-order valence-corrected chi connectivity index (χ4v) is 1.89. The number of nitrogens with two attached hydrogens (primary N) is 1. The average molecular weight is 216 g/mol. The molecule has 0 spiro atoms. The van der Waals surface area contributed by atoms with Gasteiger partial charge in [-0.25, -0.2) is 4.39 Å². The van der Waals surface area contributed by atoms with Crippen molar-refractivity contribution in [1.29, 1.82) is 0 Å². The van der Waals surface area contributed by atoms with E-state index in [4.69, 9.17) is 5.73 Å². The van der Waals surface area contributed by atoms with Crippen LogP contribution in [-0.2, 0) is 0 Å². The Labute approximate surface area is 89.9 Å². The van der Waals surface area contributed by atoms with Crippen molar-refractivity contribution in [1.82, 2.24) is 0 Å². The van der Waals surface area contributed by atoms with Gasteiger partial charge in [0.25, 0.3) is 0 Å². The molecule has 1 fully saturated rings. The summed E-state index contributed by atoms with van der Waals surface area (Å²) >= 11 is 0. The molecule has 0 aromatic heterocycles. The van der Waals surface area contributed by atoms with Crippen LogP contribution in [0, 0.1) is 5.82 Å². The first kappa shape index (κ1) is 11.5. The molecule has 2 rings (SSSR count). The summed E-state index contributed by atoms with van der Waals surface area (Å²) in [6.45, 7) is 2.06. The van der Waals surface area contributed by atoms with Gasteiger partial charge in [0.05, 0.1) is 0 Å². The minimum atomic E-state index is -0.137. The second-order valence-corrected chi connectivity index (χ2v) is 3.86. The van der Waals surface area contributed by atoms with Crippen molar-refractivity contribution >= 4 is 12.4 Å². The van der Waals surface area contributed by atoms with Gasteiger partial charge in [0.2, 0.25) is 0 Å². The summed E-state index contributed by atoms with van der Waals surface area (Å²) in [6.07, 6.45) is 1.84. The molecule has 1 nitrogen and oxygen atoms in total. The van der Waals surface area contributed by atoms with E-state index < -0.39 is 0 Å². The van der Waals surface area contributed by atoms with Gasteiger partial charge in [0, 0.05) is 11.5 Å². The maximum absolute atomic E-state index is 13.3. The highest BCUT2D eigenvalue weighted by atomic mass is 35.5. The number of hydrogen-bond donors (Lipinski definition) is 1. The van der Waals surface area contributed by atoms with Crippen molar-refractivity contribution in [3.8, 4) is 0 Å². The van der Waals surface area contributed by atoms with Gasteiger partial charge in [-0.1, -0.05) is 25.1 Å². The molecule has 1 aromatic carbocycles. The second-order valence-electron chi connectivity index (χ2n) is 3.86. The lowest BCUT2D eigenvalue weighted by Gasteiger charge is -2.08. The number of rotatable bonds is 2.